The molecule has 1 aromatic heterocycles. The molecule has 1 saturated heterocycles. The summed E-state index contributed by atoms with van der Waals surface area (Å²) in [6, 6.07) is 6.68. The summed E-state index contributed by atoms with van der Waals surface area (Å²) in [6.07, 6.45) is 0. The fourth-order valence-electron chi connectivity index (χ4n) is 2.81. The number of hydrogen-bond donors (Lipinski definition) is 0. The van der Waals surface area contributed by atoms with Crippen molar-refractivity contribution in [3.63, 3.8) is 0 Å². The van der Waals surface area contributed by atoms with Crippen molar-refractivity contribution in [2.45, 2.75) is 18.7 Å². The lowest BCUT2D eigenvalue weighted by Crippen LogP contribution is -2.50. The monoisotopic (exact) mass is 432 g/mol. The third kappa shape index (κ3) is 3.77. The maximum Gasteiger partial charge on any atom is 0.256 e. The Balaban J connectivity index is 1.72. The van der Waals surface area contributed by atoms with Gasteiger partial charge in [0, 0.05) is 26.2 Å². The molecule has 5 nitrogen and oxygen atoms in total. The van der Waals surface area contributed by atoms with Crippen molar-refractivity contribution < 1.29 is 13.2 Å². The van der Waals surface area contributed by atoms with Gasteiger partial charge in [-0.25, -0.2) is 8.42 Å². The minimum absolute atomic E-state index is 0.221. The van der Waals surface area contributed by atoms with E-state index >= 15 is 0 Å². The lowest BCUT2D eigenvalue weighted by atomic mass is 10.1. The Morgan fingerprint density at radius 2 is 1.69 bits per heavy atom. The highest BCUT2D eigenvalue weighted by molar-refractivity contribution is 7.89. The first-order valence-corrected chi connectivity index (χ1v) is 11.0. The van der Waals surface area contributed by atoms with E-state index in [1.807, 2.05) is 19.9 Å². The van der Waals surface area contributed by atoms with Crippen LogP contribution in [0.3, 0.4) is 0 Å². The molecule has 3 rings (SSSR count). The number of piperazine rings is 1. The number of benzene rings is 1. The van der Waals surface area contributed by atoms with Gasteiger partial charge < -0.3 is 4.90 Å². The highest BCUT2D eigenvalue weighted by Crippen LogP contribution is 2.32. The fraction of sp³-hybridized carbons (Fsp3) is 0.353. The van der Waals surface area contributed by atoms with Gasteiger partial charge in [0.25, 0.3) is 5.91 Å². The number of hydrogen-bond acceptors (Lipinski definition) is 4. The molecule has 1 fully saturated rings. The zero-order chi connectivity index (χ0) is 19.1. The zero-order valence-corrected chi connectivity index (χ0v) is 17.5. The Morgan fingerprint density at radius 3 is 2.23 bits per heavy atom. The summed E-state index contributed by atoms with van der Waals surface area (Å²) in [5.74, 6) is -0.221. The van der Waals surface area contributed by atoms with E-state index in [0.717, 1.165) is 22.5 Å². The van der Waals surface area contributed by atoms with Crippen LogP contribution < -0.4 is 0 Å². The number of thiophene rings is 1. The molecule has 0 bridgehead atoms. The van der Waals surface area contributed by atoms with Crippen LogP contribution in [0.4, 0.5) is 0 Å². The highest BCUT2D eigenvalue weighted by atomic mass is 35.5. The average Bonchev–Trinajstić information content (AvgIpc) is 2.95. The Labute approximate surface area is 167 Å². The summed E-state index contributed by atoms with van der Waals surface area (Å²) < 4.78 is 27.9. The van der Waals surface area contributed by atoms with E-state index in [0.29, 0.717) is 27.3 Å². The number of amides is 1. The van der Waals surface area contributed by atoms with E-state index < -0.39 is 10.0 Å². The minimum atomic E-state index is -3.57. The summed E-state index contributed by atoms with van der Waals surface area (Å²) >= 11 is 13.1. The third-order valence-electron chi connectivity index (χ3n) is 4.53. The first kappa shape index (κ1) is 19.6. The largest absolute Gasteiger partial charge is 0.336 e. The van der Waals surface area contributed by atoms with Crippen LogP contribution in [0.1, 0.15) is 21.5 Å². The van der Waals surface area contributed by atoms with E-state index in [1.54, 1.807) is 23.1 Å². The van der Waals surface area contributed by atoms with Gasteiger partial charge in [-0.1, -0.05) is 29.3 Å². The number of rotatable bonds is 3. The van der Waals surface area contributed by atoms with E-state index in [9.17, 15) is 13.2 Å². The molecule has 26 heavy (non-hydrogen) atoms. The quantitative estimate of drug-likeness (QED) is 0.740. The molecule has 9 heteroatoms. The molecule has 1 aromatic carbocycles. The molecule has 0 atom stereocenters. The van der Waals surface area contributed by atoms with Crippen molar-refractivity contribution >= 4 is 50.5 Å². The van der Waals surface area contributed by atoms with Crippen molar-refractivity contribution in [1.29, 1.82) is 0 Å². The smallest absolute Gasteiger partial charge is 0.256 e. The fourth-order valence-corrected chi connectivity index (χ4v) is 5.77. The van der Waals surface area contributed by atoms with Crippen molar-refractivity contribution in [2.75, 3.05) is 26.2 Å². The van der Waals surface area contributed by atoms with Gasteiger partial charge in [0.05, 0.1) is 14.8 Å². The molecule has 0 unspecified atom stereocenters. The molecule has 0 saturated carbocycles. The van der Waals surface area contributed by atoms with E-state index in [1.165, 1.54) is 4.31 Å². The summed E-state index contributed by atoms with van der Waals surface area (Å²) in [5, 5.41) is 0. The summed E-state index contributed by atoms with van der Waals surface area (Å²) in [6.45, 7) is 4.95. The van der Waals surface area contributed by atoms with Crippen LogP contribution in [0.15, 0.2) is 29.2 Å². The third-order valence-corrected chi connectivity index (χ3v) is 7.91. The van der Waals surface area contributed by atoms with Crippen LogP contribution in [0, 0.1) is 13.8 Å². The second-order valence-corrected chi connectivity index (χ2v) is 10.4. The average molecular weight is 433 g/mol. The predicted octanol–water partition coefficient (Wildman–Crippen LogP) is 3.82. The van der Waals surface area contributed by atoms with Crippen LogP contribution in [0.25, 0.3) is 0 Å². The standard InChI is InChI=1S/C17H18Cl2N2O3S2/c1-11-3-4-13(9-12(11)2)26(23,24)21-7-5-20(6-8-21)17(22)14-10-15(18)25-16(14)19/h3-4,9-10H,5-8H2,1-2H3. The second kappa shape index (κ2) is 7.48. The van der Waals surface area contributed by atoms with Gasteiger partial charge in [-0.15, -0.1) is 11.3 Å². The van der Waals surface area contributed by atoms with Crippen LogP contribution in [0.5, 0.6) is 0 Å². The van der Waals surface area contributed by atoms with Gasteiger partial charge >= 0.3 is 0 Å². The van der Waals surface area contributed by atoms with E-state index in [4.69, 9.17) is 23.2 Å². The van der Waals surface area contributed by atoms with Crippen molar-refractivity contribution in [1.82, 2.24) is 9.21 Å². The summed E-state index contributed by atoms with van der Waals surface area (Å²) in [4.78, 5) is 14.5. The molecule has 1 aliphatic rings. The Hall–Kier alpha value is -1.12. The number of carbonyl (C=O) groups excluding carboxylic acids is 1. The van der Waals surface area contributed by atoms with Crippen LogP contribution in [0.2, 0.25) is 8.67 Å². The first-order valence-electron chi connectivity index (χ1n) is 8.01. The number of aryl methyl sites for hydroxylation is 2. The molecule has 0 N–H and O–H groups in total. The van der Waals surface area contributed by atoms with Gasteiger partial charge in [0.1, 0.15) is 4.34 Å². The molecule has 2 aromatic rings. The highest BCUT2D eigenvalue weighted by Gasteiger charge is 2.31. The predicted molar refractivity (Wildman–Crippen MR) is 105 cm³/mol. The molecular formula is C17H18Cl2N2O3S2. The molecule has 1 aliphatic heterocycles. The van der Waals surface area contributed by atoms with Gasteiger partial charge in [0.2, 0.25) is 10.0 Å². The van der Waals surface area contributed by atoms with Crippen molar-refractivity contribution in [3.8, 4) is 0 Å². The SMILES string of the molecule is Cc1ccc(S(=O)(=O)N2CCN(C(=O)c3cc(Cl)sc3Cl)CC2)cc1C. The lowest BCUT2D eigenvalue weighted by Gasteiger charge is -2.34. The Bertz CT molecular complexity index is 949. The van der Waals surface area contributed by atoms with Crippen LogP contribution in [-0.2, 0) is 10.0 Å². The van der Waals surface area contributed by atoms with E-state index in [-0.39, 0.29) is 23.9 Å². The number of halogens is 2. The molecule has 0 radical (unpaired) electrons. The molecule has 140 valence electrons. The molecule has 0 aliphatic carbocycles. The Kier molecular flexibility index (Phi) is 5.65. The van der Waals surface area contributed by atoms with Crippen LogP contribution >= 0.6 is 34.5 Å². The number of sulfonamides is 1. The molecular weight excluding hydrogens is 415 g/mol. The Morgan fingerprint density at radius 1 is 1.04 bits per heavy atom. The molecule has 0 spiro atoms. The summed E-state index contributed by atoms with van der Waals surface area (Å²) in [5.41, 5.74) is 2.35. The van der Waals surface area contributed by atoms with Crippen LogP contribution in [-0.4, -0.2) is 49.7 Å². The first-order chi connectivity index (χ1) is 12.2. The minimum Gasteiger partial charge on any atom is -0.336 e. The zero-order valence-electron chi connectivity index (χ0n) is 14.3. The maximum absolute atomic E-state index is 12.8. The van der Waals surface area contributed by atoms with Gasteiger partial charge in [-0.3, -0.25) is 4.79 Å². The molecule has 2 heterocycles. The summed E-state index contributed by atoms with van der Waals surface area (Å²) in [7, 11) is -3.57. The van der Waals surface area contributed by atoms with Gasteiger partial charge in [-0.2, -0.15) is 4.31 Å². The van der Waals surface area contributed by atoms with E-state index in [2.05, 4.69) is 0 Å². The molecule has 1 amide bonds. The maximum atomic E-state index is 12.8. The lowest BCUT2D eigenvalue weighted by molar-refractivity contribution is 0.0698. The van der Waals surface area contributed by atoms with Crippen molar-refractivity contribution in [3.05, 3.63) is 49.6 Å². The number of nitrogens with zero attached hydrogens (tertiary/aromatic N) is 2. The van der Waals surface area contributed by atoms with Crippen molar-refractivity contribution in [2.24, 2.45) is 0 Å². The van der Waals surface area contributed by atoms with Gasteiger partial charge in [0.15, 0.2) is 0 Å². The topological polar surface area (TPSA) is 57.7 Å². The normalized spacial score (nSPS) is 16.1. The van der Waals surface area contributed by atoms with Gasteiger partial charge in [-0.05, 0) is 43.2 Å². The number of carbonyl (C=O) groups is 1. The second-order valence-electron chi connectivity index (χ2n) is 6.18.